The molecule has 1 aromatic carbocycles. The molecule has 0 aromatic heterocycles. The molecule has 0 aliphatic heterocycles. The van der Waals surface area contributed by atoms with Crippen LogP contribution in [0.5, 0.6) is 0 Å². The average Bonchev–Trinajstić information content (AvgIpc) is 2.21. The Morgan fingerprint density at radius 3 is 2.21 bits per heavy atom. The van der Waals surface area contributed by atoms with Crippen LogP contribution in [0.3, 0.4) is 0 Å². The van der Waals surface area contributed by atoms with Crippen molar-refractivity contribution in [2.75, 3.05) is 0 Å². The molecule has 2 rings (SSSR count). The summed E-state index contributed by atoms with van der Waals surface area (Å²) in [5.74, 6) is 0.779. The summed E-state index contributed by atoms with van der Waals surface area (Å²) in [6.07, 6.45) is 5.03. The van der Waals surface area contributed by atoms with E-state index in [0.717, 1.165) is 5.92 Å². The minimum atomic E-state index is 0.779. The molecule has 1 aliphatic rings. The highest BCUT2D eigenvalue weighted by Gasteiger charge is 2.16. The molecule has 0 atom stereocenters. The van der Waals surface area contributed by atoms with Crippen molar-refractivity contribution in [1.29, 1.82) is 0 Å². The van der Waals surface area contributed by atoms with E-state index in [4.69, 9.17) is 0 Å². The van der Waals surface area contributed by atoms with Crippen LogP contribution in [0.25, 0.3) is 0 Å². The van der Waals surface area contributed by atoms with E-state index in [9.17, 15) is 0 Å². The zero-order valence-corrected chi connectivity index (χ0v) is 8.92. The maximum atomic E-state index is 4.06. The topological polar surface area (TPSA) is 0 Å². The van der Waals surface area contributed by atoms with Gasteiger partial charge in [-0.2, -0.15) is 0 Å². The van der Waals surface area contributed by atoms with E-state index >= 15 is 0 Å². The van der Waals surface area contributed by atoms with Gasteiger partial charge in [-0.25, -0.2) is 0 Å². The van der Waals surface area contributed by atoms with Crippen molar-refractivity contribution in [2.24, 2.45) is 0 Å². The molecule has 0 heterocycles. The number of rotatable bonds is 1. The summed E-state index contributed by atoms with van der Waals surface area (Å²) < 4.78 is 0. The first-order valence-electron chi connectivity index (χ1n) is 5.49. The lowest BCUT2D eigenvalue weighted by atomic mass is 9.82. The van der Waals surface area contributed by atoms with Crippen LogP contribution in [0.4, 0.5) is 0 Å². The second-order valence-corrected chi connectivity index (χ2v) is 4.43. The van der Waals surface area contributed by atoms with E-state index in [-0.39, 0.29) is 0 Å². The highest BCUT2D eigenvalue weighted by Crippen LogP contribution is 2.34. The van der Waals surface area contributed by atoms with E-state index in [1.807, 2.05) is 0 Å². The highest BCUT2D eigenvalue weighted by atomic mass is 14.2. The van der Waals surface area contributed by atoms with Crippen LogP contribution in [0.15, 0.2) is 36.4 Å². The molecule has 1 aromatic rings. The third-order valence-electron chi connectivity index (χ3n) is 3.24. The summed E-state index contributed by atoms with van der Waals surface area (Å²) in [7, 11) is 0. The molecule has 74 valence electrons. The monoisotopic (exact) mass is 186 g/mol. The Hall–Kier alpha value is -1.04. The molecular weight excluding hydrogens is 168 g/mol. The van der Waals surface area contributed by atoms with Crippen molar-refractivity contribution in [3.05, 3.63) is 47.5 Å². The lowest BCUT2D eigenvalue weighted by molar-refractivity contribution is 0.518. The Morgan fingerprint density at radius 1 is 1.07 bits per heavy atom. The van der Waals surface area contributed by atoms with Crippen LogP contribution in [-0.4, -0.2) is 0 Å². The lowest BCUT2D eigenvalue weighted by Crippen LogP contribution is -2.05. The first-order chi connectivity index (χ1) is 6.75. The number of benzene rings is 1. The minimum Gasteiger partial charge on any atom is -0.0999 e. The van der Waals surface area contributed by atoms with Gasteiger partial charge in [0.05, 0.1) is 0 Å². The summed E-state index contributed by atoms with van der Waals surface area (Å²) in [6.45, 7) is 6.20. The fourth-order valence-electron chi connectivity index (χ4n) is 2.20. The molecular formula is C14H18. The van der Waals surface area contributed by atoms with E-state index in [1.165, 1.54) is 42.4 Å². The molecule has 0 spiro atoms. The Labute approximate surface area is 86.7 Å². The number of aryl methyl sites for hydroxylation is 1. The van der Waals surface area contributed by atoms with E-state index in [1.54, 1.807) is 0 Å². The molecule has 1 aliphatic carbocycles. The van der Waals surface area contributed by atoms with Gasteiger partial charge in [-0.05, 0) is 44.1 Å². The van der Waals surface area contributed by atoms with Crippen molar-refractivity contribution in [3.63, 3.8) is 0 Å². The molecule has 0 amide bonds. The predicted octanol–water partition coefficient (Wildman–Crippen LogP) is 4.21. The number of hydrogen-bond acceptors (Lipinski definition) is 0. The summed E-state index contributed by atoms with van der Waals surface area (Å²) in [4.78, 5) is 0. The fourth-order valence-corrected chi connectivity index (χ4v) is 2.20. The molecule has 1 fully saturated rings. The van der Waals surface area contributed by atoms with Gasteiger partial charge in [0.25, 0.3) is 0 Å². The molecule has 1 saturated carbocycles. The Bertz CT molecular complexity index is 308. The first-order valence-corrected chi connectivity index (χ1v) is 5.49. The normalized spacial score (nSPS) is 18.5. The standard InChI is InChI=1S/C14H18/c1-11-3-7-13(8-4-11)14-9-5-12(2)6-10-14/h5-6,9-10,13H,1,3-4,7-8H2,2H3. The summed E-state index contributed by atoms with van der Waals surface area (Å²) in [5, 5.41) is 0. The van der Waals surface area contributed by atoms with Gasteiger partial charge < -0.3 is 0 Å². The SMILES string of the molecule is C=C1CCC(c2ccc(C)cc2)CC1. The van der Waals surface area contributed by atoms with Gasteiger partial charge in [0.2, 0.25) is 0 Å². The van der Waals surface area contributed by atoms with Crippen LogP contribution >= 0.6 is 0 Å². The third-order valence-corrected chi connectivity index (χ3v) is 3.24. The number of allylic oxidation sites excluding steroid dienone is 1. The largest absolute Gasteiger partial charge is 0.0999 e. The Kier molecular flexibility index (Phi) is 2.72. The van der Waals surface area contributed by atoms with E-state index in [0.29, 0.717) is 0 Å². The molecule has 0 bridgehead atoms. The van der Waals surface area contributed by atoms with Gasteiger partial charge in [-0.3, -0.25) is 0 Å². The number of hydrogen-bond donors (Lipinski definition) is 0. The van der Waals surface area contributed by atoms with Gasteiger partial charge in [0.15, 0.2) is 0 Å². The van der Waals surface area contributed by atoms with Gasteiger partial charge in [-0.1, -0.05) is 42.0 Å². The zero-order chi connectivity index (χ0) is 9.97. The van der Waals surface area contributed by atoms with Crippen molar-refractivity contribution >= 4 is 0 Å². The van der Waals surface area contributed by atoms with Crippen molar-refractivity contribution in [2.45, 2.75) is 38.5 Å². The minimum absolute atomic E-state index is 0.779. The smallest absolute Gasteiger partial charge is 0.0156 e. The van der Waals surface area contributed by atoms with E-state index < -0.39 is 0 Å². The van der Waals surface area contributed by atoms with Gasteiger partial charge in [0, 0.05) is 0 Å². The van der Waals surface area contributed by atoms with Crippen molar-refractivity contribution in [3.8, 4) is 0 Å². The summed E-state index contributed by atoms with van der Waals surface area (Å²) in [5.41, 5.74) is 4.31. The Balaban J connectivity index is 2.08. The lowest BCUT2D eigenvalue weighted by Gasteiger charge is -2.23. The second-order valence-electron chi connectivity index (χ2n) is 4.43. The van der Waals surface area contributed by atoms with Crippen LogP contribution in [0.1, 0.15) is 42.7 Å². The van der Waals surface area contributed by atoms with Crippen molar-refractivity contribution < 1.29 is 0 Å². The van der Waals surface area contributed by atoms with E-state index in [2.05, 4.69) is 37.8 Å². The van der Waals surface area contributed by atoms with Crippen LogP contribution in [0, 0.1) is 6.92 Å². The molecule has 0 saturated heterocycles. The third kappa shape index (κ3) is 2.06. The summed E-state index contributed by atoms with van der Waals surface area (Å²) >= 11 is 0. The Morgan fingerprint density at radius 2 is 1.64 bits per heavy atom. The maximum Gasteiger partial charge on any atom is -0.0156 e. The molecule has 0 nitrogen and oxygen atoms in total. The fraction of sp³-hybridized carbons (Fsp3) is 0.429. The van der Waals surface area contributed by atoms with Crippen LogP contribution in [-0.2, 0) is 0 Å². The second kappa shape index (κ2) is 4.00. The highest BCUT2D eigenvalue weighted by molar-refractivity contribution is 5.25. The van der Waals surface area contributed by atoms with Gasteiger partial charge >= 0.3 is 0 Å². The molecule has 0 heteroatoms. The van der Waals surface area contributed by atoms with Crippen LogP contribution in [0.2, 0.25) is 0 Å². The van der Waals surface area contributed by atoms with Gasteiger partial charge in [0.1, 0.15) is 0 Å². The first kappa shape index (κ1) is 9.51. The molecule has 0 N–H and O–H groups in total. The van der Waals surface area contributed by atoms with Crippen molar-refractivity contribution in [1.82, 2.24) is 0 Å². The summed E-state index contributed by atoms with van der Waals surface area (Å²) in [6, 6.07) is 9.01. The average molecular weight is 186 g/mol. The predicted molar refractivity (Wildman–Crippen MR) is 61.5 cm³/mol. The molecule has 0 unspecified atom stereocenters. The van der Waals surface area contributed by atoms with Gasteiger partial charge in [-0.15, -0.1) is 0 Å². The molecule has 14 heavy (non-hydrogen) atoms. The zero-order valence-electron chi connectivity index (χ0n) is 8.92. The quantitative estimate of drug-likeness (QED) is 0.576. The molecule has 0 radical (unpaired) electrons. The van der Waals surface area contributed by atoms with Crippen LogP contribution < -0.4 is 0 Å². The maximum absolute atomic E-state index is 4.06.